The molecule has 0 fully saturated rings. The Bertz CT molecular complexity index is 331. The van der Waals surface area contributed by atoms with E-state index in [2.05, 4.69) is 0 Å². The van der Waals surface area contributed by atoms with Crippen molar-refractivity contribution in [2.75, 3.05) is 0 Å². The van der Waals surface area contributed by atoms with Crippen LogP contribution < -0.4 is 0 Å². The zero-order chi connectivity index (χ0) is 18.7. The van der Waals surface area contributed by atoms with Crippen LogP contribution in [-0.2, 0) is 21.8 Å². The molecule has 0 aliphatic carbocycles. The van der Waals surface area contributed by atoms with Crippen molar-refractivity contribution >= 4 is 18.1 Å². The predicted molar refractivity (Wildman–Crippen MR) is 91.1 cm³/mol. The van der Waals surface area contributed by atoms with E-state index < -0.39 is 29.3 Å². The Kier molecular flexibility index (Phi) is 8.08. The van der Waals surface area contributed by atoms with Crippen LogP contribution >= 0.6 is 0 Å². The predicted octanol–water partition coefficient (Wildman–Crippen LogP) is 2.34. The van der Waals surface area contributed by atoms with E-state index in [0.717, 1.165) is 0 Å². The first-order valence-electron chi connectivity index (χ1n) is 7.86. The van der Waals surface area contributed by atoms with Gasteiger partial charge < -0.3 is 31.4 Å². The van der Waals surface area contributed by atoms with Crippen LogP contribution in [0.15, 0.2) is 0 Å². The smallest absolute Gasteiger partial charge is 0.368 e. The molecule has 0 aromatic carbocycles. The standard InChI is InChI=1S/C14H34O7Si2/c1-11(2)17-22(15,19-13(5,6)7)21-23(16,18-12(3)4)20-14(8,9)10/h11-12,15-16H,1-10H3. The molecule has 9 heteroatoms. The van der Waals surface area contributed by atoms with Crippen LogP contribution in [0.25, 0.3) is 0 Å². The Hall–Kier alpha value is 0.154. The first-order valence-corrected chi connectivity index (χ1v) is 11.2. The normalized spacial score (nSPS) is 19.0. The number of hydrogen-bond donors (Lipinski definition) is 2. The van der Waals surface area contributed by atoms with E-state index in [4.69, 9.17) is 21.8 Å². The van der Waals surface area contributed by atoms with Gasteiger partial charge in [0.05, 0.1) is 11.2 Å². The minimum absolute atomic E-state index is 0.360. The first-order chi connectivity index (χ1) is 9.95. The molecular weight excluding hydrogens is 336 g/mol. The lowest BCUT2D eigenvalue weighted by molar-refractivity contribution is -0.1000. The molecule has 0 aliphatic rings. The summed E-state index contributed by atoms with van der Waals surface area (Å²) in [5.41, 5.74) is -1.46. The summed E-state index contributed by atoms with van der Waals surface area (Å²) in [7, 11) is -8.38. The fourth-order valence-corrected chi connectivity index (χ4v) is 6.53. The van der Waals surface area contributed by atoms with Gasteiger partial charge in [0.2, 0.25) is 0 Å². The molecule has 23 heavy (non-hydrogen) atoms. The third kappa shape index (κ3) is 11.4. The van der Waals surface area contributed by atoms with Crippen LogP contribution in [0.2, 0.25) is 0 Å². The van der Waals surface area contributed by atoms with Crippen LogP contribution in [0.4, 0.5) is 0 Å². The fourth-order valence-electron chi connectivity index (χ4n) is 1.67. The molecule has 2 atom stereocenters. The number of hydrogen-bond acceptors (Lipinski definition) is 7. The van der Waals surface area contributed by atoms with Gasteiger partial charge in [-0.1, -0.05) is 0 Å². The quantitative estimate of drug-likeness (QED) is 0.634. The summed E-state index contributed by atoms with van der Waals surface area (Å²) in [6.07, 6.45) is -0.720. The second kappa shape index (κ2) is 8.02. The second-order valence-electron chi connectivity index (χ2n) is 7.91. The van der Waals surface area contributed by atoms with Crippen molar-refractivity contribution in [2.24, 2.45) is 0 Å². The summed E-state index contributed by atoms with van der Waals surface area (Å²) in [6, 6.07) is 0. The van der Waals surface area contributed by atoms with E-state index in [1.54, 1.807) is 69.2 Å². The highest BCUT2D eigenvalue weighted by Crippen LogP contribution is 2.26. The lowest BCUT2D eigenvalue weighted by Crippen LogP contribution is -2.63. The zero-order valence-electron chi connectivity index (χ0n) is 16.1. The Morgan fingerprint density at radius 1 is 0.652 bits per heavy atom. The van der Waals surface area contributed by atoms with Gasteiger partial charge in [-0.2, -0.15) is 0 Å². The maximum Gasteiger partial charge on any atom is 0.671 e. The molecule has 0 spiro atoms. The molecule has 0 heterocycles. The highest BCUT2D eigenvalue weighted by atomic mass is 28.5. The largest absolute Gasteiger partial charge is 0.671 e. The van der Waals surface area contributed by atoms with Gasteiger partial charge in [-0.25, -0.2) is 0 Å². The third-order valence-electron chi connectivity index (χ3n) is 1.90. The Labute approximate surface area is 142 Å². The molecule has 0 rings (SSSR count). The van der Waals surface area contributed by atoms with Crippen molar-refractivity contribution in [3.05, 3.63) is 0 Å². The van der Waals surface area contributed by atoms with Gasteiger partial charge in [-0.15, -0.1) is 0 Å². The molecule has 0 saturated heterocycles. The molecule has 0 aliphatic heterocycles. The molecule has 0 amide bonds. The van der Waals surface area contributed by atoms with Crippen molar-refractivity contribution in [2.45, 2.75) is 92.6 Å². The van der Waals surface area contributed by atoms with Crippen molar-refractivity contribution in [3.8, 4) is 0 Å². The van der Waals surface area contributed by atoms with E-state index >= 15 is 0 Å². The van der Waals surface area contributed by atoms with Crippen LogP contribution in [0.3, 0.4) is 0 Å². The summed E-state index contributed by atoms with van der Waals surface area (Å²) >= 11 is 0. The average molecular weight is 371 g/mol. The van der Waals surface area contributed by atoms with Gasteiger partial charge in [-0.3, -0.25) is 0 Å². The zero-order valence-corrected chi connectivity index (χ0v) is 18.1. The molecule has 2 N–H and O–H groups in total. The summed E-state index contributed by atoms with van der Waals surface area (Å²) in [5.74, 6) is 0. The van der Waals surface area contributed by atoms with E-state index in [1.165, 1.54) is 0 Å². The Morgan fingerprint density at radius 3 is 1.09 bits per heavy atom. The lowest BCUT2D eigenvalue weighted by atomic mass is 10.2. The minimum Gasteiger partial charge on any atom is -0.368 e. The SMILES string of the molecule is CC(C)O[Si](O)(OC(C)(C)C)O[Si](O)(OC(C)C)OC(C)(C)C. The molecule has 7 nitrogen and oxygen atoms in total. The van der Waals surface area contributed by atoms with Gasteiger partial charge in [0, 0.05) is 12.2 Å². The van der Waals surface area contributed by atoms with Gasteiger partial charge in [-0.05, 0) is 69.2 Å². The second-order valence-corrected chi connectivity index (χ2v) is 11.7. The summed E-state index contributed by atoms with van der Waals surface area (Å²) in [6.45, 7) is 17.5. The highest BCUT2D eigenvalue weighted by Gasteiger charge is 2.59. The third-order valence-corrected chi connectivity index (χ3v) is 7.24. The van der Waals surface area contributed by atoms with Gasteiger partial charge >= 0.3 is 18.1 Å². The fraction of sp³-hybridized carbons (Fsp3) is 1.00. The maximum atomic E-state index is 10.7. The minimum atomic E-state index is -4.19. The highest BCUT2D eigenvalue weighted by molar-refractivity contribution is 6.67. The van der Waals surface area contributed by atoms with Gasteiger partial charge in [0.1, 0.15) is 0 Å². The van der Waals surface area contributed by atoms with Crippen LogP contribution in [0.5, 0.6) is 0 Å². The molecular formula is C14H34O7Si2. The van der Waals surface area contributed by atoms with Crippen molar-refractivity contribution in [1.82, 2.24) is 0 Å². The Balaban J connectivity index is 5.49. The lowest BCUT2D eigenvalue weighted by Gasteiger charge is -2.38. The maximum absolute atomic E-state index is 10.7. The van der Waals surface area contributed by atoms with Crippen LogP contribution in [0, 0.1) is 0 Å². The summed E-state index contributed by atoms with van der Waals surface area (Å²) < 4.78 is 27.6. The van der Waals surface area contributed by atoms with E-state index in [9.17, 15) is 9.59 Å². The van der Waals surface area contributed by atoms with Crippen LogP contribution in [0.1, 0.15) is 69.2 Å². The molecule has 0 radical (unpaired) electrons. The van der Waals surface area contributed by atoms with Crippen molar-refractivity contribution in [3.63, 3.8) is 0 Å². The van der Waals surface area contributed by atoms with Crippen molar-refractivity contribution < 1.29 is 31.4 Å². The topological polar surface area (TPSA) is 86.6 Å². The van der Waals surface area contributed by atoms with Crippen molar-refractivity contribution in [1.29, 1.82) is 0 Å². The number of rotatable bonds is 8. The molecule has 0 saturated carbocycles. The molecule has 0 aromatic rings. The molecule has 0 bridgehead atoms. The van der Waals surface area contributed by atoms with E-state index in [0.29, 0.717) is 0 Å². The first kappa shape index (κ1) is 23.2. The van der Waals surface area contributed by atoms with Crippen LogP contribution in [-0.4, -0.2) is 51.1 Å². The summed E-state index contributed by atoms with van der Waals surface area (Å²) in [4.78, 5) is 21.5. The van der Waals surface area contributed by atoms with Gasteiger partial charge in [0.15, 0.2) is 0 Å². The molecule has 0 aromatic heterocycles. The summed E-state index contributed by atoms with van der Waals surface area (Å²) in [5, 5.41) is 0. The van der Waals surface area contributed by atoms with E-state index in [-0.39, 0.29) is 12.2 Å². The Morgan fingerprint density at radius 2 is 0.913 bits per heavy atom. The molecule has 140 valence electrons. The van der Waals surface area contributed by atoms with Gasteiger partial charge in [0.25, 0.3) is 0 Å². The van der Waals surface area contributed by atoms with E-state index in [1.807, 2.05) is 0 Å². The molecule has 2 unspecified atom stereocenters. The monoisotopic (exact) mass is 370 g/mol. The average Bonchev–Trinajstić information content (AvgIpc) is 2.02.